The monoisotopic (exact) mass is 453 g/mol. The Morgan fingerprint density at radius 1 is 0.912 bits per heavy atom. The number of fused-ring (bicyclic) bond motifs is 2. The molecule has 6 nitrogen and oxygen atoms in total. The van der Waals surface area contributed by atoms with Crippen LogP contribution in [0.4, 0.5) is 5.69 Å². The average Bonchev–Trinajstić information content (AvgIpc) is 3.13. The lowest BCUT2D eigenvalue weighted by atomic mass is 9.96. The zero-order valence-electron chi connectivity index (χ0n) is 19.3. The van der Waals surface area contributed by atoms with Crippen LogP contribution in [-0.2, 0) is 4.74 Å². The van der Waals surface area contributed by atoms with Gasteiger partial charge in [-0.15, -0.1) is 0 Å². The fraction of sp³-hybridized carbons (Fsp3) is 0.179. The molecule has 1 amide bonds. The third-order valence-electron chi connectivity index (χ3n) is 6.45. The number of hydrogen-bond acceptors (Lipinski definition) is 5. The van der Waals surface area contributed by atoms with Gasteiger partial charge in [-0.05, 0) is 73.9 Å². The Balaban J connectivity index is 1.77. The summed E-state index contributed by atoms with van der Waals surface area (Å²) in [4.78, 5) is 40.9. The van der Waals surface area contributed by atoms with Gasteiger partial charge in [0.2, 0.25) is 5.76 Å². The van der Waals surface area contributed by atoms with Gasteiger partial charge in [-0.1, -0.05) is 29.8 Å². The molecule has 2 heterocycles. The highest BCUT2D eigenvalue weighted by Gasteiger charge is 2.43. The highest BCUT2D eigenvalue weighted by atomic mass is 16.5. The molecule has 0 radical (unpaired) electrons. The molecular weight excluding hydrogens is 430 g/mol. The van der Waals surface area contributed by atoms with Crippen LogP contribution >= 0.6 is 0 Å². The third kappa shape index (κ3) is 3.30. The Morgan fingerprint density at radius 3 is 2.21 bits per heavy atom. The lowest BCUT2D eigenvalue weighted by molar-refractivity contribution is 0.0600. The minimum atomic E-state index is -0.695. The smallest absolute Gasteiger partial charge is 0.337 e. The lowest BCUT2D eigenvalue weighted by Gasteiger charge is -2.25. The second-order valence-electron chi connectivity index (χ2n) is 8.63. The van der Waals surface area contributed by atoms with E-state index in [1.54, 1.807) is 35.2 Å². The molecular formula is C28H23NO5. The van der Waals surface area contributed by atoms with Gasteiger partial charge < -0.3 is 9.15 Å². The van der Waals surface area contributed by atoms with Crippen molar-refractivity contribution in [2.24, 2.45) is 0 Å². The van der Waals surface area contributed by atoms with E-state index in [2.05, 4.69) is 0 Å². The standard InChI is InChI=1S/C28H23NO5/c1-15-5-11-20(12-6-15)29-24(18-7-9-19(10-8-18)28(32)33-4)23-25(30)21-13-16(2)17(3)14-22(21)34-26(23)27(29)31/h5-14,24H,1-4H3. The fourth-order valence-electron chi connectivity index (χ4n) is 4.43. The molecule has 0 fully saturated rings. The molecule has 1 atom stereocenters. The first-order valence-corrected chi connectivity index (χ1v) is 11.0. The normalized spacial score (nSPS) is 15.0. The molecule has 0 saturated carbocycles. The van der Waals surface area contributed by atoms with Gasteiger partial charge in [0, 0.05) is 5.69 Å². The number of aryl methyl sites for hydroxylation is 3. The number of anilines is 1. The van der Waals surface area contributed by atoms with Gasteiger partial charge in [0.05, 0.1) is 29.7 Å². The molecule has 0 saturated heterocycles. The first-order chi connectivity index (χ1) is 16.3. The molecule has 4 aromatic rings. The number of carbonyl (C=O) groups is 2. The average molecular weight is 453 g/mol. The molecule has 170 valence electrons. The summed E-state index contributed by atoms with van der Waals surface area (Å²) < 4.78 is 10.9. The summed E-state index contributed by atoms with van der Waals surface area (Å²) in [7, 11) is 1.32. The van der Waals surface area contributed by atoms with Crippen LogP contribution in [0.1, 0.15) is 54.8 Å². The minimum Gasteiger partial charge on any atom is -0.465 e. The summed E-state index contributed by atoms with van der Waals surface area (Å²) in [5.74, 6) is -0.789. The predicted molar refractivity (Wildman–Crippen MR) is 130 cm³/mol. The van der Waals surface area contributed by atoms with Crippen molar-refractivity contribution >= 4 is 28.5 Å². The maximum absolute atomic E-state index is 13.8. The topological polar surface area (TPSA) is 76.8 Å². The first-order valence-electron chi connectivity index (χ1n) is 11.0. The second-order valence-corrected chi connectivity index (χ2v) is 8.63. The van der Waals surface area contributed by atoms with Crippen molar-refractivity contribution in [2.75, 3.05) is 12.0 Å². The molecule has 34 heavy (non-hydrogen) atoms. The lowest BCUT2D eigenvalue weighted by Crippen LogP contribution is -2.29. The predicted octanol–water partition coefficient (Wildman–Crippen LogP) is 5.25. The van der Waals surface area contributed by atoms with Crippen LogP contribution < -0.4 is 10.3 Å². The van der Waals surface area contributed by atoms with Gasteiger partial charge in [0.25, 0.3) is 5.91 Å². The molecule has 0 spiro atoms. The van der Waals surface area contributed by atoms with E-state index in [1.165, 1.54) is 7.11 Å². The van der Waals surface area contributed by atoms with E-state index < -0.39 is 12.0 Å². The Labute approximate surface area is 196 Å². The number of nitrogens with zero attached hydrogens (tertiary/aromatic N) is 1. The number of carbonyl (C=O) groups excluding carboxylic acids is 2. The summed E-state index contributed by atoms with van der Waals surface area (Å²) in [6, 6.07) is 17.2. The zero-order valence-corrected chi connectivity index (χ0v) is 19.3. The van der Waals surface area contributed by atoms with E-state index in [4.69, 9.17) is 9.15 Å². The van der Waals surface area contributed by atoms with Crippen LogP contribution in [0.15, 0.2) is 69.9 Å². The first kappa shape index (κ1) is 21.6. The number of hydrogen-bond donors (Lipinski definition) is 0. The highest BCUT2D eigenvalue weighted by molar-refractivity contribution is 6.10. The van der Waals surface area contributed by atoms with Gasteiger partial charge in [0.1, 0.15) is 5.58 Å². The Bertz CT molecular complexity index is 1510. The van der Waals surface area contributed by atoms with Gasteiger partial charge in [-0.25, -0.2) is 4.79 Å². The molecule has 3 aromatic carbocycles. The van der Waals surface area contributed by atoms with Crippen molar-refractivity contribution < 1.29 is 18.7 Å². The Hall–Kier alpha value is -4.19. The molecule has 1 aromatic heterocycles. The van der Waals surface area contributed by atoms with E-state index in [0.717, 1.165) is 16.7 Å². The molecule has 0 aliphatic carbocycles. The summed E-state index contributed by atoms with van der Waals surface area (Å²) in [5.41, 5.74) is 5.19. The number of esters is 1. The minimum absolute atomic E-state index is 0.0448. The van der Waals surface area contributed by atoms with E-state index in [9.17, 15) is 14.4 Å². The van der Waals surface area contributed by atoms with Gasteiger partial charge >= 0.3 is 5.97 Å². The van der Waals surface area contributed by atoms with Crippen LogP contribution in [0, 0.1) is 20.8 Å². The summed E-state index contributed by atoms with van der Waals surface area (Å²) in [6.45, 7) is 5.85. The summed E-state index contributed by atoms with van der Waals surface area (Å²) >= 11 is 0. The number of rotatable bonds is 3. The fourth-order valence-corrected chi connectivity index (χ4v) is 4.43. The van der Waals surface area contributed by atoms with Crippen molar-refractivity contribution in [3.8, 4) is 0 Å². The third-order valence-corrected chi connectivity index (χ3v) is 6.45. The van der Waals surface area contributed by atoms with E-state index in [1.807, 2.05) is 51.1 Å². The van der Waals surface area contributed by atoms with Gasteiger partial charge in [0.15, 0.2) is 5.43 Å². The Kier molecular flexibility index (Phi) is 5.09. The Morgan fingerprint density at radius 2 is 1.56 bits per heavy atom. The van der Waals surface area contributed by atoms with E-state index >= 15 is 0 Å². The van der Waals surface area contributed by atoms with Crippen molar-refractivity contribution in [1.29, 1.82) is 0 Å². The molecule has 0 N–H and O–H groups in total. The summed E-state index contributed by atoms with van der Waals surface area (Å²) in [6.07, 6.45) is 0. The molecule has 5 rings (SSSR count). The van der Waals surface area contributed by atoms with Gasteiger partial charge in [-0.2, -0.15) is 0 Å². The van der Waals surface area contributed by atoms with E-state index in [0.29, 0.717) is 33.3 Å². The maximum atomic E-state index is 13.8. The SMILES string of the molecule is COC(=O)c1ccc(C2c3c(oc4cc(C)c(C)cc4c3=O)C(=O)N2c2ccc(C)cc2)cc1. The molecule has 6 heteroatoms. The molecule has 0 bridgehead atoms. The van der Waals surface area contributed by atoms with Crippen molar-refractivity contribution in [3.05, 3.63) is 110 Å². The number of methoxy groups -OCH3 is 1. The molecule has 1 aliphatic rings. The quantitative estimate of drug-likeness (QED) is 0.396. The molecule has 1 aliphatic heterocycles. The number of ether oxygens (including phenoxy) is 1. The van der Waals surface area contributed by atoms with Crippen LogP contribution in [0.5, 0.6) is 0 Å². The van der Waals surface area contributed by atoms with Crippen LogP contribution in [0.25, 0.3) is 11.0 Å². The van der Waals surface area contributed by atoms with Crippen molar-refractivity contribution in [2.45, 2.75) is 26.8 Å². The molecule has 1 unspecified atom stereocenters. The van der Waals surface area contributed by atoms with Crippen LogP contribution in [0.3, 0.4) is 0 Å². The number of benzene rings is 3. The van der Waals surface area contributed by atoms with Crippen LogP contribution in [0.2, 0.25) is 0 Å². The summed E-state index contributed by atoms with van der Waals surface area (Å²) in [5, 5.41) is 0.441. The zero-order chi connectivity index (χ0) is 24.1. The van der Waals surface area contributed by atoms with Crippen molar-refractivity contribution in [1.82, 2.24) is 0 Å². The van der Waals surface area contributed by atoms with Gasteiger partial charge in [-0.3, -0.25) is 14.5 Å². The number of amides is 1. The second kappa shape index (κ2) is 7.99. The largest absolute Gasteiger partial charge is 0.465 e. The highest BCUT2D eigenvalue weighted by Crippen LogP contribution is 2.41. The van der Waals surface area contributed by atoms with Crippen LogP contribution in [-0.4, -0.2) is 19.0 Å². The maximum Gasteiger partial charge on any atom is 0.337 e. The van der Waals surface area contributed by atoms with E-state index in [-0.39, 0.29) is 17.1 Å². The van der Waals surface area contributed by atoms with Crippen molar-refractivity contribution in [3.63, 3.8) is 0 Å².